The van der Waals surface area contributed by atoms with Gasteiger partial charge in [-0.3, -0.25) is 9.69 Å². The summed E-state index contributed by atoms with van der Waals surface area (Å²) in [5.74, 6) is -3.00. The smallest absolute Gasteiger partial charge is 0.391 e. The number of carbonyl (C=O) groups excluding carboxylic acids is 2. The summed E-state index contributed by atoms with van der Waals surface area (Å²) in [6.07, 6.45) is 1.04. The second-order valence-corrected chi connectivity index (χ2v) is 7.40. The normalized spacial score (nSPS) is 25.9. The molecule has 0 saturated carbocycles. The predicted octanol–water partition coefficient (Wildman–Crippen LogP) is 3.20. The Morgan fingerprint density at radius 2 is 2.15 bits per heavy atom. The Bertz CT molecular complexity index is 686. The van der Waals surface area contributed by atoms with Crippen molar-refractivity contribution in [2.75, 3.05) is 19.6 Å². The first-order chi connectivity index (χ1) is 12.2. The monoisotopic (exact) mass is 387 g/mol. The highest BCUT2D eigenvalue weighted by Crippen LogP contribution is 2.32. The number of likely N-dealkylation sites (tertiary alicyclic amines) is 2. The highest BCUT2D eigenvalue weighted by molar-refractivity contribution is 6.30. The molecule has 0 aliphatic carbocycles. The Kier molecular flexibility index (Phi) is 5.32. The van der Waals surface area contributed by atoms with Crippen LogP contribution in [-0.4, -0.2) is 58.4 Å². The molecule has 0 spiro atoms. The SMILES string of the molecule is C[C@H]1CCC(=O)N(C2CN(C(=O)Oc3ccc(Cl)cn3)CC(F)(F)C2)C1. The molecule has 2 fully saturated rings. The van der Waals surface area contributed by atoms with Gasteiger partial charge in [-0.25, -0.2) is 18.6 Å². The van der Waals surface area contributed by atoms with Crippen LogP contribution >= 0.6 is 11.6 Å². The minimum Gasteiger partial charge on any atom is -0.391 e. The number of alkyl halides is 2. The summed E-state index contributed by atoms with van der Waals surface area (Å²) in [6, 6.07) is 2.15. The van der Waals surface area contributed by atoms with Crippen LogP contribution in [0.15, 0.2) is 18.3 Å². The molecule has 1 aromatic rings. The van der Waals surface area contributed by atoms with Crippen molar-refractivity contribution in [2.45, 2.75) is 38.2 Å². The first kappa shape index (κ1) is 18.8. The Morgan fingerprint density at radius 3 is 2.85 bits per heavy atom. The first-order valence-electron chi connectivity index (χ1n) is 8.49. The van der Waals surface area contributed by atoms with E-state index in [1.54, 1.807) is 0 Å². The quantitative estimate of drug-likeness (QED) is 0.781. The van der Waals surface area contributed by atoms with E-state index in [0.29, 0.717) is 18.0 Å². The van der Waals surface area contributed by atoms with E-state index in [0.717, 1.165) is 11.3 Å². The van der Waals surface area contributed by atoms with Crippen LogP contribution in [0.5, 0.6) is 5.88 Å². The maximum atomic E-state index is 14.2. The molecular formula is C17H20ClF2N3O3. The molecule has 0 bridgehead atoms. The fourth-order valence-corrected chi connectivity index (χ4v) is 3.50. The van der Waals surface area contributed by atoms with Crippen molar-refractivity contribution >= 4 is 23.6 Å². The van der Waals surface area contributed by atoms with Gasteiger partial charge in [-0.1, -0.05) is 18.5 Å². The second-order valence-electron chi connectivity index (χ2n) is 6.97. The molecule has 3 rings (SSSR count). The van der Waals surface area contributed by atoms with Gasteiger partial charge in [0.2, 0.25) is 11.8 Å². The van der Waals surface area contributed by atoms with Crippen LogP contribution < -0.4 is 4.74 Å². The van der Waals surface area contributed by atoms with E-state index >= 15 is 0 Å². The number of piperidine rings is 2. The zero-order valence-electron chi connectivity index (χ0n) is 14.3. The summed E-state index contributed by atoms with van der Waals surface area (Å²) < 4.78 is 33.5. The molecular weight excluding hydrogens is 368 g/mol. The van der Waals surface area contributed by atoms with Crippen molar-refractivity contribution in [3.63, 3.8) is 0 Å². The summed E-state index contributed by atoms with van der Waals surface area (Å²) in [5, 5.41) is 0.368. The zero-order valence-corrected chi connectivity index (χ0v) is 15.1. The van der Waals surface area contributed by atoms with Gasteiger partial charge in [-0.2, -0.15) is 0 Å². The number of halogens is 3. The molecule has 2 aliphatic heterocycles. The Morgan fingerprint density at radius 1 is 1.38 bits per heavy atom. The van der Waals surface area contributed by atoms with Crippen molar-refractivity contribution < 1.29 is 23.1 Å². The molecule has 1 aromatic heterocycles. The lowest BCUT2D eigenvalue weighted by molar-refractivity contribution is -0.144. The number of rotatable bonds is 2. The number of amides is 2. The van der Waals surface area contributed by atoms with Gasteiger partial charge in [0, 0.05) is 38.2 Å². The van der Waals surface area contributed by atoms with Gasteiger partial charge in [-0.05, 0) is 18.4 Å². The minimum absolute atomic E-state index is 0.0144. The van der Waals surface area contributed by atoms with Gasteiger partial charge in [0.25, 0.3) is 5.92 Å². The number of carbonyl (C=O) groups is 2. The molecule has 2 saturated heterocycles. The average molecular weight is 388 g/mol. The second kappa shape index (κ2) is 7.34. The van der Waals surface area contributed by atoms with Crippen LogP contribution in [0.4, 0.5) is 13.6 Å². The maximum Gasteiger partial charge on any atom is 0.416 e. The lowest BCUT2D eigenvalue weighted by Crippen LogP contribution is -2.59. The van der Waals surface area contributed by atoms with E-state index in [9.17, 15) is 18.4 Å². The third-order valence-corrected chi connectivity index (χ3v) is 4.88. The Balaban J connectivity index is 1.71. The fraction of sp³-hybridized carbons (Fsp3) is 0.588. The molecule has 0 aromatic carbocycles. The summed E-state index contributed by atoms with van der Waals surface area (Å²) in [4.78, 5) is 30.7. The number of nitrogens with zero attached hydrogens (tertiary/aromatic N) is 3. The van der Waals surface area contributed by atoms with E-state index in [2.05, 4.69) is 4.98 Å². The first-order valence-corrected chi connectivity index (χ1v) is 8.87. The molecule has 0 N–H and O–H groups in total. The van der Waals surface area contributed by atoms with Gasteiger partial charge < -0.3 is 9.64 Å². The van der Waals surface area contributed by atoms with Gasteiger partial charge in [0.05, 0.1) is 17.6 Å². The topological polar surface area (TPSA) is 62.7 Å². The number of aromatic nitrogens is 1. The van der Waals surface area contributed by atoms with E-state index in [1.165, 1.54) is 23.2 Å². The molecule has 26 heavy (non-hydrogen) atoms. The van der Waals surface area contributed by atoms with Gasteiger partial charge in [0.15, 0.2) is 0 Å². The third-order valence-electron chi connectivity index (χ3n) is 4.66. The zero-order chi connectivity index (χ0) is 18.9. The third kappa shape index (κ3) is 4.41. The van der Waals surface area contributed by atoms with E-state index in [-0.39, 0.29) is 24.2 Å². The minimum atomic E-state index is -3.09. The molecule has 1 unspecified atom stereocenters. The van der Waals surface area contributed by atoms with Gasteiger partial charge in [-0.15, -0.1) is 0 Å². The lowest BCUT2D eigenvalue weighted by atomic mass is 9.94. The summed E-state index contributed by atoms with van der Waals surface area (Å²) in [6.45, 7) is 1.69. The van der Waals surface area contributed by atoms with Crippen molar-refractivity contribution in [2.24, 2.45) is 5.92 Å². The largest absolute Gasteiger partial charge is 0.416 e. The van der Waals surface area contributed by atoms with Gasteiger partial charge in [0.1, 0.15) is 0 Å². The summed E-state index contributed by atoms with van der Waals surface area (Å²) in [5.41, 5.74) is 0. The van der Waals surface area contributed by atoms with Crippen LogP contribution in [0.2, 0.25) is 5.02 Å². The Hall–Kier alpha value is -1.96. The molecule has 2 atom stereocenters. The van der Waals surface area contributed by atoms with Crippen LogP contribution in [0.1, 0.15) is 26.2 Å². The predicted molar refractivity (Wildman–Crippen MR) is 90.3 cm³/mol. The van der Waals surface area contributed by atoms with E-state index in [4.69, 9.17) is 16.3 Å². The number of ether oxygens (including phenoxy) is 1. The molecule has 2 aliphatic rings. The van der Waals surface area contributed by atoms with E-state index in [1.807, 2.05) is 6.92 Å². The molecule has 3 heterocycles. The number of pyridine rings is 1. The molecule has 0 radical (unpaired) electrons. The van der Waals surface area contributed by atoms with Gasteiger partial charge >= 0.3 is 6.09 Å². The number of hydrogen-bond donors (Lipinski definition) is 0. The highest BCUT2D eigenvalue weighted by Gasteiger charge is 2.46. The highest BCUT2D eigenvalue weighted by atomic mass is 35.5. The van der Waals surface area contributed by atoms with Crippen molar-refractivity contribution in [3.8, 4) is 5.88 Å². The lowest BCUT2D eigenvalue weighted by Gasteiger charge is -2.44. The standard InChI is InChI=1S/C17H20ClF2N3O3/c1-11-2-5-15(24)23(8-11)13-6-17(19,20)10-22(9-13)16(25)26-14-4-3-12(18)7-21-14/h3-4,7,11,13H,2,5-6,8-10H2,1H3/t11-,13?/m0/s1. The van der Waals surface area contributed by atoms with Crippen LogP contribution in [0.3, 0.4) is 0 Å². The molecule has 9 heteroatoms. The van der Waals surface area contributed by atoms with Crippen LogP contribution in [0.25, 0.3) is 0 Å². The summed E-state index contributed by atoms with van der Waals surface area (Å²) >= 11 is 5.71. The van der Waals surface area contributed by atoms with Crippen LogP contribution in [0, 0.1) is 5.92 Å². The van der Waals surface area contributed by atoms with Crippen molar-refractivity contribution in [3.05, 3.63) is 23.4 Å². The maximum absolute atomic E-state index is 14.2. The van der Waals surface area contributed by atoms with Crippen molar-refractivity contribution in [1.82, 2.24) is 14.8 Å². The van der Waals surface area contributed by atoms with Crippen LogP contribution in [-0.2, 0) is 4.79 Å². The molecule has 142 valence electrons. The summed E-state index contributed by atoms with van der Waals surface area (Å²) in [7, 11) is 0. The molecule has 6 nitrogen and oxygen atoms in total. The number of hydrogen-bond acceptors (Lipinski definition) is 4. The van der Waals surface area contributed by atoms with E-state index < -0.39 is 31.0 Å². The fourth-order valence-electron chi connectivity index (χ4n) is 3.39. The average Bonchev–Trinajstić information content (AvgIpc) is 2.57. The van der Waals surface area contributed by atoms with Crippen molar-refractivity contribution in [1.29, 1.82) is 0 Å². The molecule has 2 amide bonds. The Labute approximate surface area is 155 Å².